The number of aryl methyl sites for hydroxylation is 2. The van der Waals surface area contributed by atoms with E-state index in [1.807, 2.05) is 0 Å². The average Bonchev–Trinajstić information content (AvgIpc) is 2.75. The molecule has 0 radical (unpaired) electrons. The largest absolute Gasteiger partial charge is 0.478 e. The molecule has 0 saturated carbocycles. The molecule has 0 aliphatic heterocycles. The van der Waals surface area contributed by atoms with Gasteiger partial charge in [-0.3, -0.25) is 0 Å². The molecule has 0 fully saturated rings. The zero-order chi connectivity index (χ0) is 22.2. The highest BCUT2D eigenvalue weighted by molar-refractivity contribution is 6.02. The molecule has 30 heavy (non-hydrogen) atoms. The summed E-state index contributed by atoms with van der Waals surface area (Å²) >= 11 is 0. The summed E-state index contributed by atoms with van der Waals surface area (Å²) in [5.41, 5.74) is 2.85. The van der Waals surface area contributed by atoms with Crippen LogP contribution in [0.5, 0.6) is 0 Å². The molecule has 0 saturated heterocycles. The molecule has 1 N–H and O–H groups in total. The molecule has 0 aromatic heterocycles. The van der Waals surface area contributed by atoms with Crippen LogP contribution in [-0.4, -0.2) is 23.7 Å². The van der Waals surface area contributed by atoms with Gasteiger partial charge in [-0.15, -0.1) is 0 Å². The third-order valence-corrected chi connectivity index (χ3v) is 5.03. The number of hydrogen-bond acceptors (Lipinski definition) is 3. The SMILES string of the molecule is CCCCCCCCCCOC(=O)c1ccccc1C(=O)O.Cc1ccccc1C. The van der Waals surface area contributed by atoms with E-state index in [9.17, 15) is 9.59 Å². The Morgan fingerprint density at radius 2 is 1.20 bits per heavy atom. The second-order valence-corrected chi connectivity index (χ2v) is 7.55. The van der Waals surface area contributed by atoms with Gasteiger partial charge >= 0.3 is 11.9 Å². The number of unbranched alkanes of at least 4 members (excludes halogenated alkanes) is 7. The van der Waals surface area contributed by atoms with Crippen molar-refractivity contribution >= 4 is 11.9 Å². The van der Waals surface area contributed by atoms with Crippen LogP contribution in [0.4, 0.5) is 0 Å². The van der Waals surface area contributed by atoms with E-state index in [0.717, 1.165) is 19.3 Å². The lowest BCUT2D eigenvalue weighted by Gasteiger charge is -2.07. The maximum Gasteiger partial charge on any atom is 0.339 e. The minimum absolute atomic E-state index is 0.0107. The number of aromatic carboxylic acids is 1. The maximum absolute atomic E-state index is 11.9. The van der Waals surface area contributed by atoms with Crippen molar-refractivity contribution in [2.24, 2.45) is 0 Å². The molecule has 0 aliphatic rings. The number of benzene rings is 2. The second-order valence-electron chi connectivity index (χ2n) is 7.55. The van der Waals surface area contributed by atoms with Gasteiger partial charge in [-0.25, -0.2) is 9.59 Å². The molecule has 0 atom stereocenters. The fraction of sp³-hybridized carbons (Fsp3) is 0.462. The summed E-state index contributed by atoms with van der Waals surface area (Å²) in [5, 5.41) is 9.04. The Labute approximate surface area is 181 Å². The van der Waals surface area contributed by atoms with Crippen LogP contribution < -0.4 is 0 Å². The van der Waals surface area contributed by atoms with E-state index in [1.54, 1.807) is 12.1 Å². The molecule has 2 aromatic carbocycles. The topological polar surface area (TPSA) is 63.6 Å². The van der Waals surface area contributed by atoms with Gasteiger partial charge in [0.1, 0.15) is 0 Å². The Bertz CT molecular complexity index is 746. The van der Waals surface area contributed by atoms with E-state index in [1.165, 1.54) is 55.4 Å². The average molecular weight is 413 g/mol. The minimum Gasteiger partial charge on any atom is -0.478 e. The zero-order valence-electron chi connectivity index (χ0n) is 18.7. The highest BCUT2D eigenvalue weighted by Crippen LogP contribution is 2.12. The van der Waals surface area contributed by atoms with Crippen molar-refractivity contribution in [2.45, 2.75) is 72.1 Å². The van der Waals surface area contributed by atoms with Crippen molar-refractivity contribution in [1.82, 2.24) is 0 Å². The highest BCUT2D eigenvalue weighted by atomic mass is 16.5. The number of hydrogen-bond donors (Lipinski definition) is 1. The predicted octanol–water partition coefficient (Wildman–Crippen LogP) is 6.99. The van der Waals surface area contributed by atoms with E-state index in [-0.39, 0.29) is 11.1 Å². The first kappa shape index (κ1) is 25.4. The molecule has 0 heterocycles. The third-order valence-electron chi connectivity index (χ3n) is 5.03. The highest BCUT2D eigenvalue weighted by Gasteiger charge is 2.16. The van der Waals surface area contributed by atoms with E-state index >= 15 is 0 Å². The Morgan fingerprint density at radius 1 is 0.733 bits per heavy atom. The van der Waals surface area contributed by atoms with Crippen molar-refractivity contribution in [3.8, 4) is 0 Å². The summed E-state index contributed by atoms with van der Waals surface area (Å²) < 4.78 is 5.16. The fourth-order valence-electron chi connectivity index (χ4n) is 2.99. The summed E-state index contributed by atoms with van der Waals surface area (Å²) in [4.78, 5) is 22.9. The van der Waals surface area contributed by atoms with Crippen LogP contribution in [0.2, 0.25) is 0 Å². The van der Waals surface area contributed by atoms with Crippen molar-refractivity contribution in [3.63, 3.8) is 0 Å². The summed E-state index contributed by atoms with van der Waals surface area (Å²) in [6.45, 7) is 6.79. The van der Waals surface area contributed by atoms with Gasteiger partial charge in [-0.1, -0.05) is 88.3 Å². The lowest BCUT2D eigenvalue weighted by molar-refractivity contribution is 0.0487. The van der Waals surface area contributed by atoms with Crippen molar-refractivity contribution in [2.75, 3.05) is 6.61 Å². The van der Waals surface area contributed by atoms with Crippen LogP contribution in [0.3, 0.4) is 0 Å². The van der Waals surface area contributed by atoms with Gasteiger partial charge < -0.3 is 9.84 Å². The first-order valence-corrected chi connectivity index (χ1v) is 11.0. The lowest BCUT2D eigenvalue weighted by Crippen LogP contribution is -2.12. The number of rotatable bonds is 11. The first-order valence-electron chi connectivity index (χ1n) is 11.0. The van der Waals surface area contributed by atoms with Gasteiger partial charge in [0.2, 0.25) is 0 Å². The summed E-state index contributed by atoms with van der Waals surface area (Å²) in [5.74, 6) is -1.67. The van der Waals surface area contributed by atoms with E-state index < -0.39 is 11.9 Å². The second kappa shape index (κ2) is 15.3. The molecule has 4 heteroatoms. The van der Waals surface area contributed by atoms with E-state index in [2.05, 4.69) is 45.0 Å². The zero-order valence-corrected chi connectivity index (χ0v) is 18.7. The molecule has 0 aliphatic carbocycles. The molecule has 0 unspecified atom stereocenters. The number of carboxylic acids is 1. The lowest BCUT2D eigenvalue weighted by atomic mass is 10.1. The number of carbonyl (C=O) groups is 2. The van der Waals surface area contributed by atoms with Gasteiger partial charge in [-0.2, -0.15) is 0 Å². The third kappa shape index (κ3) is 10.2. The molecular formula is C26H36O4. The Hall–Kier alpha value is -2.62. The van der Waals surface area contributed by atoms with Crippen LogP contribution in [0.1, 0.15) is 90.1 Å². The first-order chi connectivity index (χ1) is 14.5. The molecule has 2 aromatic rings. The Morgan fingerprint density at radius 3 is 1.70 bits per heavy atom. The number of carbonyl (C=O) groups excluding carboxylic acids is 1. The van der Waals surface area contributed by atoms with Crippen LogP contribution in [0.15, 0.2) is 48.5 Å². The maximum atomic E-state index is 11.9. The molecular weight excluding hydrogens is 376 g/mol. The molecule has 0 amide bonds. The van der Waals surface area contributed by atoms with Crippen LogP contribution >= 0.6 is 0 Å². The van der Waals surface area contributed by atoms with Gasteiger partial charge in [0.25, 0.3) is 0 Å². The number of carboxylic acid groups (broad SMARTS) is 1. The number of ether oxygens (including phenoxy) is 1. The Balaban J connectivity index is 0.000000467. The molecule has 2 rings (SSSR count). The van der Waals surface area contributed by atoms with E-state index in [0.29, 0.717) is 6.61 Å². The molecule has 0 bridgehead atoms. The van der Waals surface area contributed by atoms with Crippen molar-refractivity contribution in [3.05, 3.63) is 70.8 Å². The van der Waals surface area contributed by atoms with Gasteiger partial charge in [-0.05, 0) is 43.5 Å². The van der Waals surface area contributed by atoms with Gasteiger partial charge in [0.05, 0.1) is 17.7 Å². The Kier molecular flexibility index (Phi) is 12.9. The van der Waals surface area contributed by atoms with Gasteiger partial charge in [0, 0.05) is 0 Å². The van der Waals surface area contributed by atoms with Crippen LogP contribution in [0.25, 0.3) is 0 Å². The summed E-state index contributed by atoms with van der Waals surface area (Å²) in [6.07, 6.45) is 9.41. The standard InChI is InChI=1S/C18H26O4.C8H10/c1-2-3-4-5-6-7-8-11-14-22-18(21)16-13-10-9-12-15(16)17(19)20;1-7-5-3-4-6-8(7)2/h9-10,12-13H,2-8,11,14H2,1H3,(H,19,20);3-6H,1-2H3. The van der Waals surface area contributed by atoms with Crippen molar-refractivity contribution in [1.29, 1.82) is 0 Å². The monoisotopic (exact) mass is 412 g/mol. The molecule has 4 nitrogen and oxygen atoms in total. The van der Waals surface area contributed by atoms with Crippen LogP contribution in [-0.2, 0) is 4.74 Å². The smallest absolute Gasteiger partial charge is 0.339 e. The predicted molar refractivity (Wildman–Crippen MR) is 122 cm³/mol. The van der Waals surface area contributed by atoms with Crippen LogP contribution in [0, 0.1) is 13.8 Å². The number of esters is 1. The summed E-state index contributed by atoms with van der Waals surface area (Å²) in [6, 6.07) is 14.5. The van der Waals surface area contributed by atoms with Gasteiger partial charge in [0.15, 0.2) is 0 Å². The van der Waals surface area contributed by atoms with E-state index in [4.69, 9.17) is 9.84 Å². The van der Waals surface area contributed by atoms with Crippen molar-refractivity contribution < 1.29 is 19.4 Å². The fourth-order valence-corrected chi connectivity index (χ4v) is 2.99. The minimum atomic E-state index is -1.11. The normalized spacial score (nSPS) is 10.1. The molecule has 164 valence electrons. The summed E-state index contributed by atoms with van der Waals surface area (Å²) in [7, 11) is 0. The molecule has 0 spiro atoms. The quantitative estimate of drug-likeness (QED) is 0.319.